The molecular weight excluding hydrogens is 464 g/mol. The average molecular weight is 493 g/mol. The smallest absolute Gasteiger partial charge is 0.264 e. The van der Waals surface area contributed by atoms with Crippen molar-refractivity contribution in [3.8, 4) is 0 Å². The van der Waals surface area contributed by atoms with Gasteiger partial charge in [0.1, 0.15) is 6.54 Å². The zero-order chi connectivity index (χ0) is 25.6. The summed E-state index contributed by atoms with van der Waals surface area (Å²) in [6.45, 7) is 6.32. The van der Waals surface area contributed by atoms with Gasteiger partial charge in [0.2, 0.25) is 5.91 Å². The van der Waals surface area contributed by atoms with Crippen molar-refractivity contribution >= 4 is 38.9 Å². The van der Waals surface area contributed by atoms with Crippen molar-refractivity contribution in [3.05, 3.63) is 89.5 Å². The Bertz CT molecular complexity index is 1370. The van der Waals surface area contributed by atoms with Crippen LogP contribution in [-0.2, 0) is 19.6 Å². The molecule has 3 aromatic rings. The Hall–Kier alpha value is -3.98. The van der Waals surface area contributed by atoms with Crippen molar-refractivity contribution in [1.82, 2.24) is 5.43 Å². The lowest BCUT2D eigenvalue weighted by atomic mass is 10.1. The molecule has 0 aliphatic heterocycles. The largest absolute Gasteiger partial charge is 0.326 e. The maximum Gasteiger partial charge on any atom is 0.264 e. The first-order chi connectivity index (χ1) is 16.6. The van der Waals surface area contributed by atoms with E-state index in [1.165, 1.54) is 19.1 Å². The van der Waals surface area contributed by atoms with Crippen LogP contribution >= 0.6 is 0 Å². The van der Waals surface area contributed by atoms with Gasteiger partial charge in [-0.25, -0.2) is 13.8 Å². The number of benzene rings is 3. The van der Waals surface area contributed by atoms with Gasteiger partial charge in [0.05, 0.1) is 16.3 Å². The van der Waals surface area contributed by atoms with E-state index in [9.17, 15) is 18.0 Å². The minimum atomic E-state index is -4.01. The molecule has 9 heteroatoms. The number of carbonyl (C=O) groups excluding carboxylic acids is 2. The van der Waals surface area contributed by atoms with E-state index in [2.05, 4.69) is 15.8 Å². The highest BCUT2D eigenvalue weighted by Crippen LogP contribution is 2.26. The van der Waals surface area contributed by atoms with Crippen molar-refractivity contribution in [3.63, 3.8) is 0 Å². The number of nitrogens with one attached hydrogen (secondary N) is 2. The van der Waals surface area contributed by atoms with Crippen LogP contribution in [0.5, 0.6) is 0 Å². The van der Waals surface area contributed by atoms with Crippen molar-refractivity contribution < 1.29 is 18.0 Å². The molecule has 3 aromatic carbocycles. The Kier molecular flexibility index (Phi) is 8.03. The summed E-state index contributed by atoms with van der Waals surface area (Å²) in [6, 6.07) is 20.5. The fraction of sp³-hybridized carbons (Fsp3) is 0.192. The molecule has 8 nitrogen and oxygen atoms in total. The molecule has 0 bridgehead atoms. The van der Waals surface area contributed by atoms with E-state index in [0.717, 1.165) is 9.87 Å². The third-order valence-electron chi connectivity index (χ3n) is 5.23. The molecule has 182 valence electrons. The molecular formula is C26H28N4O4S. The topological polar surface area (TPSA) is 108 Å². The molecule has 0 atom stereocenters. The van der Waals surface area contributed by atoms with Crippen LogP contribution in [0.2, 0.25) is 0 Å². The molecule has 3 rings (SSSR count). The predicted molar refractivity (Wildman–Crippen MR) is 138 cm³/mol. The third-order valence-corrected chi connectivity index (χ3v) is 7.00. The van der Waals surface area contributed by atoms with Crippen molar-refractivity contribution in [1.29, 1.82) is 0 Å². The number of hydrogen-bond acceptors (Lipinski definition) is 5. The molecule has 0 aliphatic carbocycles. The molecule has 2 N–H and O–H groups in total. The van der Waals surface area contributed by atoms with E-state index in [0.29, 0.717) is 28.2 Å². The van der Waals surface area contributed by atoms with Gasteiger partial charge in [0.15, 0.2) is 0 Å². The zero-order valence-corrected chi connectivity index (χ0v) is 20.9. The van der Waals surface area contributed by atoms with Crippen molar-refractivity contribution in [2.24, 2.45) is 5.10 Å². The van der Waals surface area contributed by atoms with Gasteiger partial charge in [-0.05, 0) is 62.2 Å². The molecule has 0 heterocycles. The molecule has 0 aromatic heterocycles. The summed E-state index contributed by atoms with van der Waals surface area (Å²) >= 11 is 0. The third kappa shape index (κ3) is 6.54. The van der Waals surface area contributed by atoms with Gasteiger partial charge < -0.3 is 5.32 Å². The number of nitrogens with zero attached hydrogens (tertiary/aromatic N) is 2. The molecule has 0 fully saturated rings. The number of hydrazone groups is 1. The highest BCUT2D eigenvalue weighted by molar-refractivity contribution is 7.92. The van der Waals surface area contributed by atoms with Crippen LogP contribution in [0.3, 0.4) is 0 Å². The van der Waals surface area contributed by atoms with Gasteiger partial charge in [-0.2, -0.15) is 5.10 Å². The lowest BCUT2D eigenvalue weighted by Gasteiger charge is -2.25. The number of para-hydroxylation sites is 1. The van der Waals surface area contributed by atoms with Gasteiger partial charge in [-0.3, -0.25) is 13.9 Å². The fourth-order valence-corrected chi connectivity index (χ4v) is 4.87. The first kappa shape index (κ1) is 25.6. The summed E-state index contributed by atoms with van der Waals surface area (Å²) in [6.07, 6.45) is 0. The first-order valence-electron chi connectivity index (χ1n) is 10.9. The van der Waals surface area contributed by atoms with Crippen LogP contribution in [0.15, 0.2) is 82.8 Å². The Morgan fingerprint density at radius 2 is 1.60 bits per heavy atom. The Morgan fingerprint density at radius 3 is 2.26 bits per heavy atom. The van der Waals surface area contributed by atoms with Crippen LogP contribution in [-0.4, -0.2) is 32.5 Å². The van der Waals surface area contributed by atoms with E-state index < -0.39 is 22.5 Å². The molecule has 0 unspecified atom stereocenters. The molecule has 0 radical (unpaired) electrons. The molecule has 0 spiro atoms. The van der Waals surface area contributed by atoms with Crippen LogP contribution in [0.1, 0.15) is 30.5 Å². The summed E-state index contributed by atoms with van der Waals surface area (Å²) in [4.78, 5) is 24.2. The summed E-state index contributed by atoms with van der Waals surface area (Å²) < 4.78 is 28.1. The van der Waals surface area contributed by atoms with Crippen LogP contribution in [0.25, 0.3) is 0 Å². The Morgan fingerprint density at radius 1 is 0.914 bits per heavy atom. The summed E-state index contributed by atoms with van der Waals surface area (Å²) in [5.74, 6) is -0.794. The SMILES string of the molecule is CC(=O)Nc1cccc(/C(C)=N/NC(=O)CN(c2ccccc2C)S(=O)(=O)c2ccc(C)cc2)c1. The van der Waals surface area contributed by atoms with Crippen molar-refractivity contribution in [2.45, 2.75) is 32.6 Å². The second kappa shape index (κ2) is 11.0. The minimum Gasteiger partial charge on any atom is -0.326 e. The van der Waals surface area contributed by atoms with E-state index in [4.69, 9.17) is 0 Å². The van der Waals surface area contributed by atoms with Crippen LogP contribution < -0.4 is 15.0 Å². The number of anilines is 2. The highest BCUT2D eigenvalue weighted by Gasteiger charge is 2.28. The number of amides is 2. The zero-order valence-electron chi connectivity index (χ0n) is 20.1. The van der Waals surface area contributed by atoms with Crippen molar-refractivity contribution in [2.75, 3.05) is 16.2 Å². The molecule has 0 saturated carbocycles. The fourth-order valence-electron chi connectivity index (χ4n) is 3.38. The summed E-state index contributed by atoms with van der Waals surface area (Å²) in [7, 11) is -4.01. The maximum atomic E-state index is 13.5. The number of hydrogen-bond donors (Lipinski definition) is 2. The standard InChI is InChI=1S/C26H28N4O4S/c1-18-12-14-24(15-13-18)35(33,34)30(25-11-6-5-8-19(25)2)17-26(32)29-28-20(3)22-9-7-10-23(16-22)27-21(4)31/h5-16H,17H2,1-4H3,(H,27,31)(H,29,32)/b28-20+. The van der Waals surface area contributed by atoms with Gasteiger partial charge in [-0.15, -0.1) is 0 Å². The second-order valence-corrected chi connectivity index (χ2v) is 9.97. The van der Waals surface area contributed by atoms with Gasteiger partial charge in [0.25, 0.3) is 15.9 Å². The summed E-state index contributed by atoms with van der Waals surface area (Å²) in [5.41, 5.74) is 6.29. The monoisotopic (exact) mass is 492 g/mol. The van der Waals surface area contributed by atoms with Crippen LogP contribution in [0, 0.1) is 13.8 Å². The van der Waals surface area contributed by atoms with E-state index in [1.807, 2.05) is 6.92 Å². The quantitative estimate of drug-likeness (QED) is 0.366. The Labute approximate surface area is 205 Å². The van der Waals surface area contributed by atoms with E-state index in [1.54, 1.807) is 74.5 Å². The molecule has 0 aliphatic rings. The number of aryl methyl sites for hydroxylation is 2. The summed E-state index contributed by atoms with van der Waals surface area (Å²) in [5, 5.41) is 6.83. The first-order valence-corrected chi connectivity index (χ1v) is 12.4. The predicted octanol–water partition coefficient (Wildman–Crippen LogP) is 4.00. The maximum absolute atomic E-state index is 13.5. The number of sulfonamides is 1. The number of rotatable bonds is 8. The normalized spacial score (nSPS) is 11.6. The molecule has 0 saturated heterocycles. The lowest BCUT2D eigenvalue weighted by molar-refractivity contribution is -0.119. The van der Waals surface area contributed by atoms with E-state index >= 15 is 0 Å². The number of carbonyl (C=O) groups is 2. The minimum absolute atomic E-state index is 0.0913. The lowest BCUT2D eigenvalue weighted by Crippen LogP contribution is -2.40. The van der Waals surface area contributed by atoms with Gasteiger partial charge in [-0.1, -0.05) is 48.0 Å². The highest BCUT2D eigenvalue weighted by atomic mass is 32.2. The average Bonchev–Trinajstić information content (AvgIpc) is 2.81. The Balaban J connectivity index is 1.85. The molecule has 35 heavy (non-hydrogen) atoms. The van der Waals surface area contributed by atoms with Gasteiger partial charge in [0, 0.05) is 12.6 Å². The van der Waals surface area contributed by atoms with E-state index in [-0.39, 0.29) is 10.8 Å². The second-order valence-electron chi connectivity index (χ2n) is 8.11. The van der Waals surface area contributed by atoms with Crippen LogP contribution in [0.4, 0.5) is 11.4 Å². The van der Waals surface area contributed by atoms with Gasteiger partial charge >= 0.3 is 0 Å². The molecule has 2 amide bonds.